The van der Waals surface area contributed by atoms with Crippen LogP contribution in [0.1, 0.15) is 31.2 Å². The van der Waals surface area contributed by atoms with Crippen molar-refractivity contribution in [3.05, 3.63) is 22.4 Å². The van der Waals surface area contributed by atoms with E-state index in [1.807, 2.05) is 0 Å². The van der Waals surface area contributed by atoms with Crippen LogP contribution in [0.2, 0.25) is 0 Å². The molecule has 2 bridgehead atoms. The molecule has 1 amide bonds. The van der Waals surface area contributed by atoms with Crippen molar-refractivity contribution in [3.8, 4) is 0 Å². The zero-order chi connectivity index (χ0) is 12.8. The first-order chi connectivity index (χ1) is 8.62. The maximum Gasteiger partial charge on any atom is 0.238 e. The second-order valence-electron chi connectivity index (χ2n) is 5.38. The highest BCUT2D eigenvalue weighted by Gasteiger charge is 2.54. The zero-order valence-corrected chi connectivity index (χ0v) is 12.2. The SMILES string of the molecule is NC(=O)C12CCC(CC(Cl)C1)N2Cc1ccsc1.O. The van der Waals surface area contributed by atoms with Gasteiger partial charge in [-0.05, 0) is 48.1 Å². The van der Waals surface area contributed by atoms with Gasteiger partial charge >= 0.3 is 0 Å². The lowest BCUT2D eigenvalue weighted by Gasteiger charge is -2.44. The first-order valence-electron chi connectivity index (χ1n) is 6.33. The fourth-order valence-electron chi connectivity index (χ4n) is 3.49. The maximum atomic E-state index is 11.9. The molecule has 0 radical (unpaired) electrons. The minimum absolute atomic E-state index is 0. The van der Waals surface area contributed by atoms with Crippen molar-refractivity contribution in [1.29, 1.82) is 0 Å². The van der Waals surface area contributed by atoms with E-state index in [9.17, 15) is 4.79 Å². The van der Waals surface area contributed by atoms with Crippen LogP contribution >= 0.6 is 22.9 Å². The third kappa shape index (κ3) is 2.40. The summed E-state index contributed by atoms with van der Waals surface area (Å²) >= 11 is 7.98. The van der Waals surface area contributed by atoms with E-state index < -0.39 is 5.54 Å². The number of nitrogens with zero attached hydrogens (tertiary/aromatic N) is 1. The summed E-state index contributed by atoms with van der Waals surface area (Å²) in [6.45, 7) is 0.820. The molecule has 3 unspecified atom stereocenters. The Morgan fingerprint density at radius 3 is 3.05 bits per heavy atom. The summed E-state index contributed by atoms with van der Waals surface area (Å²) in [7, 11) is 0. The number of piperidine rings is 1. The van der Waals surface area contributed by atoms with Crippen molar-refractivity contribution in [2.24, 2.45) is 5.73 Å². The third-order valence-corrected chi connectivity index (χ3v) is 5.42. The Balaban J connectivity index is 0.00000133. The van der Waals surface area contributed by atoms with Gasteiger partial charge in [-0.1, -0.05) is 0 Å². The quantitative estimate of drug-likeness (QED) is 0.859. The largest absolute Gasteiger partial charge is 0.412 e. The molecule has 2 aliphatic heterocycles. The van der Waals surface area contributed by atoms with Crippen LogP contribution in [0.5, 0.6) is 0 Å². The van der Waals surface area contributed by atoms with Gasteiger partial charge in [0.1, 0.15) is 5.54 Å². The van der Waals surface area contributed by atoms with Gasteiger partial charge in [-0.3, -0.25) is 9.69 Å². The van der Waals surface area contributed by atoms with Gasteiger partial charge in [0.2, 0.25) is 5.91 Å². The van der Waals surface area contributed by atoms with Gasteiger partial charge < -0.3 is 11.2 Å². The lowest BCUT2D eigenvalue weighted by Crippen LogP contribution is -2.59. The molecule has 4 N–H and O–H groups in total. The van der Waals surface area contributed by atoms with Crippen LogP contribution < -0.4 is 5.73 Å². The number of carbonyl (C=O) groups is 1. The molecule has 3 heterocycles. The summed E-state index contributed by atoms with van der Waals surface area (Å²) in [6.07, 6.45) is 3.57. The molecule has 3 rings (SSSR count). The van der Waals surface area contributed by atoms with Crippen molar-refractivity contribution < 1.29 is 10.3 Å². The number of fused-ring (bicyclic) bond motifs is 2. The monoisotopic (exact) mass is 302 g/mol. The van der Waals surface area contributed by atoms with E-state index in [0.29, 0.717) is 12.5 Å². The predicted molar refractivity (Wildman–Crippen MR) is 77.3 cm³/mol. The fourth-order valence-corrected chi connectivity index (χ4v) is 4.61. The van der Waals surface area contributed by atoms with E-state index in [4.69, 9.17) is 17.3 Å². The zero-order valence-electron chi connectivity index (χ0n) is 10.6. The number of primary amides is 1. The van der Waals surface area contributed by atoms with E-state index in [1.54, 1.807) is 11.3 Å². The molecule has 4 nitrogen and oxygen atoms in total. The molecule has 106 valence electrons. The minimum Gasteiger partial charge on any atom is -0.412 e. The lowest BCUT2D eigenvalue weighted by atomic mass is 9.87. The standard InChI is InChI=1S/C13H17ClN2OS.H2O/c14-10-5-11-1-3-13(6-10,12(15)17)16(11)7-9-2-4-18-8-9;/h2,4,8,10-11H,1,3,5-7H2,(H2,15,17);1H2. The predicted octanol–water partition coefficient (Wildman–Crippen LogP) is 1.51. The highest BCUT2D eigenvalue weighted by Crippen LogP contribution is 2.46. The summed E-state index contributed by atoms with van der Waals surface area (Å²) < 4.78 is 0. The number of hydrogen-bond donors (Lipinski definition) is 1. The molecule has 0 aromatic carbocycles. The van der Waals surface area contributed by atoms with Gasteiger partial charge in [-0.25, -0.2) is 0 Å². The molecule has 0 spiro atoms. The van der Waals surface area contributed by atoms with Crippen LogP contribution in [0, 0.1) is 0 Å². The number of rotatable bonds is 3. The van der Waals surface area contributed by atoms with Gasteiger partial charge in [0, 0.05) is 18.0 Å². The molecule has 1 aromatic rings. The lowest BCUT2D eigenvalue weighted by molar-refractivity contribution is -0.131. The van der Waals surface area contributed by atoms with Gasteiger partial charge in [0.25, 0.3) is 0 Å². The Bertz CT molecular complexity index is 454. The summed E-state index contributed by atoms with van der Waals surface area (Å²) in [5, 5.41) is 4.30. The van der Waals surface area contributed by atoms with Crippen LogP contribution in [0.25, 0.3) is 0 Å². The van der Waals surface area contributed by atoms with Crippen molar-refractivity contribution in [1.82, 2.24) is 4.90 Å². The highest BCUT2D eigenvalue weighted by molar-refractivity contribution is 7.07. The molecule has 19 heavy (non-hydrogen) atoms. The Morgan fingerprint density at radius 2 is 2.42 bits per heavy atom. The number of thiophene rings is 1. The van der Waals surface area contributed by atoms with Crippen molar-refractivity contribution in [2.45, 2.75) is 49.2 Å². The van der Waals surface area contributed by atoms with Crippen LogP contribution in [0.4, 0.5) is 0 Å². The Labute approximate surface area is 121 Å². The number of alkyl halides is 1. The van der Waals surface area contributed by atoms with Crippen LogP contribution in [-0.2, 0) is 11.3 Å². The first kappa shape index (κ1) is 14.8. The number of hydrogen-bond acceptors (Lipinski definition) is 3. The van der Waals surface area contributed by atoms with E-state index in [1.165, 1.54) is 5.56 Å². The van der Waals surface area contributed by atoms with Crippen LogP contribution in [0.3, 0.4) is 0 Å². The molecule has 0 aliphatic carbocycles. The van der Waals surface area contributed by atoms with Crippen molar-refractivity contribution >= 4 is 28.8 Å². The third-order valence-electron chi connectivity index (χ3n) is 4.36. The average molecular weight is 303 g/mol. The Hall–Kier alpha value is -0.620. The summed E-state index contributed by atoms with van der Waals surface area (Å²) in [5.74, 6) is -0.203. The number of halogens is 1. The molecule has 2 fully saturated rings. The molecule has 0 saturated carbocycles. The topological polar surface area (TPSA) is 77.8 Å². The van der Waals surface area contributed by atoms with Gasteiger partial charge in [-0.15, -0.1) is 11.6 Å². The molecule has 3 atom stereocenters. The van der Waals surface area contributed by atoms with Gasteiger partial charge in [-0.2, -0.15) is 11.3 Å². The van der Waals surface area contributed by atoms with E-state index in [2.05, 4.69) is 21.7 Å². The molecule has 6 heteroatoms. The second kappa shape index (κ2) is 5.40. The molecule has 2 saturated heterocycles. The van der Waals surface area contributed by atoms with Gasteiger partial charge in [0.05, 0.1) is 0 Å². The number of carbonyl (C=O) groups excluding carboxylic acids is 1. The summed E-state index contributed by atoms with van der Waals surface area (Å²) in [5.41, 5.74) is 6.45. The van der Waals surface area contributed by atoms with Crippen LogP contribution in [0.15, 0.2) is 16.8 Å². The fraction of sp³-hybridized carbons (Fsp3) is 0.615. The highest BCUT2D eigenvalue weighted by atomic mass is 35.5. The van der Waals surface area contributed by atoms with Gasteiger partial charge in [0.15, 0.2) is 0 Å². The van der Waals surface area contributed by atoms with E-state index >= 15 is 0 Å². The second-order valence-corrected chi connectivity index (χ2v) is 6.78. The minimum atomic E-state index is -0.503. The number of nitrogens with two attached hydrogens (primary N) is 1. The Morgan fingerprint density at radius 1 is 1.63 bits per heavy atom. The van der Waals surface area contributed by atoms with Crippen LogP contribution in [-0.4, -0.2) is 33.2 Å². The Kier molecular flexibility index (Phi) is 4.20. The maximum absolute atomic E-state index is 11.9. The van der Waals surface area contributed by atoms with E-state index in [-0.39, 0.29) is 16.8 Å². The summed E-state index contributed by atoms with van der Waals surface area (Å²) in [6, 6.07) is 2.53. The average Bonchev–Trinajstić information content (AvgIpc) is 2.88. The van der Waals surface area contributed by atoms with E-state index in [0.717, 1.165) is 25.8 Å². The normalized spacial score (nSPS) is 33.9. The molecular weight excluding hydrogens is 284 g/mol. The van der Waals surface area contributed by atoms with Crippen molar-refractivity contribution in [3.63, 3.8) is 0 Å². The first-order valence-corrected chi connectivity index (χ1v) is 7.71. The number of amides is 1. The summed E-state index contributed by atoms with van der Waals surface area (Å²) in [4.78, 5) is 14.2. The smallest absolute Gasteiger partial charge is 0.238 e. The molecule has 2 aliphatic rings. The molecular formula is C13H19ClN2O2S. The molecule has 1 aromatic heterocycles. The van der Waals surface area contributed by atoms with Crippen molar-refractivity contribution in [2.75, 3.05) is 0 Å².